The van der Waals surface area contributed by atoms with E-state index < -0.39 is 0 Å². The maximum atomic E-state index is 2.46. The number of rotatable bonds is 3. The van der Waals surface area contributed by atoms with Crippen LogP contribution in [0.25, 0.3) is 77.2 Å². The molecule has 0 saturated heterocycles. The number of benzene rings is 7. The Bertz CT molecular complexity index is 2690. The Morgan fingerprint density at radius 2 is 0.894 bits per heavy atom. The molecule has 2 heteroatoms. The van der Waals surface area contributed by atoms with Crippen LogP contribution in [-0.2, 0) is 5.41 Å². The first-order chi connectivity index (χ1) is 23.1. The Balaban J connectivity index is 0.00000314. The molecule has 47 heavy (non-hydrogen) atoms. The summed E-state index contributed by atoms with van der Waals surface area (Å²) in [5.41, 5.74) is 15.2. The highest BCUT2D eigenvalue weighted by molar-refractivity contribution is 6.14. The van der Waals surface area contributed by atoms with Gasteiger partial charge in [-0.3, -0.25) is 0 Å². The maximum absolute atomic E-state index is 2.46. The zero-order chi connectivity index (χ0) is 31.3. The molecule has 7 aromatic carbocycles. The van der Waals surface area contributed by atoms with Crippen molar-refractivity contribution in [2.45, 2.75) is 19.3 Å². The zero-order valence-electron chi connectivity index (χ0n) is 26.4. The van der Waals surface area contributed by atoms with Gasteiger partial charge in [0.1, 0.15) is 0 Å². The molecule has 0 radical (unpaired) electrons. The monoisotopic (exact) mass is 602 g/mol. The minimum Gasteiger partial charge on any atom is -0.309 e. The normalized spacial score (nSPS) is 13.5. The van der Waals surface area contributed by atoms with E-state index in [-0.39, 0.29) is 6.84 Å². The lowest BCUT2D eigenvalue weighted by atomic mass is 9.82. The van der Waals surface area contributed by atoms with Crippen molar-refractivity contribution in [2.75, 3.05) is 0 Å². The third-order valence-electron chi connectivity index (χ3n) is 10.5. The molecule has 2 nitrogen and oxygen atoms in total. The van der Waals surface area contributed by atoms with E-state index in [0.717, 1.165) is 0 Å². The van der Waals surface area contributed by atoms with Crippen LogP contribution in [0.5, 0.6) is 0 Å². The van der Waals surface area contributed by atoms with Gasteiger partial charge in [-0.2, -0.15) is 0 Å². The fraction of sp³-hybridized carbons (Fsp3) is 0.0667. The quantitative estimate of drug-likeness (QED) is 0.190. The smallest absolute Gasteiger partial charge is 0.0544 e. The molecule has 0 bridgehead atoms. The van der Waals surface area contributed by atoms with E-state index >= 15 is 0 Å². The van der Waals surface area contributed by atoms with Crippen LogP contribution in [0.1, 0.15) is 26.4 Å². The van der Waals surface area contributed by atoms with Gasteiger partial charge in [-0.15, -0.1) is 0 Å². The van der Waals surface area contributed by atoms with Gasteiger partial charge in [-0.1, -0.05) is 105 Å². The second kappa shape index (κ2) is 9.57. The minimum atomic E-state index is -0.0579. The van der Waals surface area contributed by atoms with Crippen molar-refractivity contribution in [3.05, 3.63) is 169 Å². The molecule has 2 aromatic heterocycles. The van der Waals surface area contributed by atoms with Crippen LogP contribution >= 0.6 is 0 Å². The lowest BCUT2D eigenvalue weighted by molar-refractivity contribution is 0.661. The van der Waals surface area contributed by atoms with Crippen LogP contribution in [0, 0.1) is 0 Å². The molecule has 0 unspecified atom stereocenters. The van der Waals surface area contributed by atoms with Crippen LogP contribution in [0.15, 0.2) is 158 Å². The third-order valence-corrected chi connectivity index (χ3v) is 10.5. The van der Waals surface area contributed by atoms with Gasteiger partial charge in [0.15, 0.2) is 0 Å². The highest BCUT2D eigenvalue weighted by atomic mass is 15.0. The Labute approximate surface area is 275 Å². The molecule has 0 atom stereocenters. The second-order valence-electron chi connectivity index (χ2n) is 13.4. The first-order valence-electron chi connectivity index (χ1n) is 16.4. The lowest BCUT2D eigenvalue weighted by Gasteiger charge is -2.21. The molecule has 0 N–H and O–H groups in total. The number of para-hydroxylation sites is 3. The van der Waals surface area contributed by atoms with Crippen molar-refractivity contribution in [2.24, 2.45) is 0 Å². The van der Waals surface area contributed by atoms with Crippen LogP contribution in [0.4, 0.5) is 0 Å². The Morgan fingerprint density at radius 1 is 0.383 bits per heavy atom. The molecule has 0 amide bonds. The summed E-state index contributed by atoms with van der Waals surface area (Å²) in [7, 11) is 0. The van der Waals surface area contributed by atoms with Crippen molar-refractivity contribution in [1.82, 2.24) is 9.13 Å². The van der Waals surface area contributed by atoms with Crippen molar-refractivity contribution >= 4 is 43.6 Å². The predicted molar refractivity (Wildman–Crippen MR) is 200 cm³/mol. The van der Waals surface area contributed by atoms with Gasteiger partial charge in [-0.05, 0) is 100 Å². The maximum Gasteiger partial charge on any atom is 0.0544 e. The first kappa shape index (κ1) is 26.4. The SMILES string of the molecule is CC1(C)c2ccccc2-c2cc3c4cc(-c5ccc6c(c5)c5ccccc5n6-c5ccccc5)ccc4n(-c4ccccc4)c3cc21.[HH]. The highest BCUT2D eigenvalue weighted by Gasteiger charge is 2.36. The van der Waals surface area contributed by atoms with Crippen molar-refractivity contribution in [1.29, 1.82) is 0 Å². The number of hydrogen-bond acceptors (Lipinski definition) is 0. The molecule has 2 heterocycles. The Hall–Kier alpha value is -5.86. The van der Waals surface area contributed by atoms with E-state index in [2.05, 4.69) is 181 Å². The van der Waals surface area contributed by atoms with E-state index in [1.54, 1.807) is 0 Å². The molecule has 1 aliphatic rings. The van der Waals surface area contributed by atoms with Gasteiger partial charge < -0.3 is 9.13 Å². The largest absolute Gasteiger partial charge is 0.309 e. The van der Waals surface area contributed by atoms with E-state index in [4.69, 9.17) is 0 Å². The topological polar surface area (TPSA) is 9.86 Å². The summed E-state index contributed by atoms with van der Waals surface area (Å²) in [4.78, 5) is 0. The van der Waals surface area contributed by atoms with Crippen LogP contribution in [0.2, 0.25) is 0 Å². The molecule has 0 saturated carbocycles. The van der Waals surface area contributed by atoms with E-state index in [1.165, 1.54) is 88.4 Å². The second-order valence-corrected chi connectivity index (χ2v) is 13.4. The number of aromatic nitrogens is 2. The minimum absolute atomic E-state index is 0. The molecule has 0 aliphatic heterocycles. The summed E-state index contributed by atoms with van der Waals surface area (Å²) in [6, 6.07) is 58.1. The standard InChI is InChI=1S/C45H32N2.H2/c1-45(2)39-19-11-9-17-33(39)35-27-38-37-26-30(22-24-43(37)47(44(38)28-40(35)45)32-15-7-4-8-16-32)29-21-23-42-36(25-29)34-18-10-12-20-41(34)46(42)31-13-5-3-6-14-31;/h3-28H,1-2H3;1H. The van der Waals surface area contributed by atoms with E-state index in [1.807, 2.05) is 0 Å². The molecule has 0 spiro atoms. The Morgan fingerprint density at radius 3 is 1.57 bits per heavy atom. The average molecular weight is 603 g/mol. The van der Waals surface area contributed by atoms with Crippen molar-refractivity contribution in [3.8, 4) is 33.6 Å². The van der Waals surface area contributed by atoms with E-state index in [9.17, 15) is 0 Å². The van der Waals surface area contributed by atoms with Gasteiger partial charge in [-0.25, -0.2) is 0 Å². The fourth-order valence-corrected chi connectivity index (χ4v) is 8.26. The molecular formula is C45H34N2. The van der Waals surface area contributed by atoms with Crippen LogP contribution in [0.3, 0.4) is 0 Å². The fourth-order valence-electron chi connectivity index (χ4n) is 8.26. The first-order valence-corrected chi connectivity index (χ1v) is 16.4. The number of hydrogen-bond donors (Lipinski definition) is 0. The van der Waals surface area contributed by atoms with Crippen LogP contribution in [-0.4, -0.2) is 9.13 Å². The summed E-state index contributed by atoms with van der Waals surface area (Å²) in [6.07, 6.45) is 0. The summed E-state index contributed by atoms with van der Waals surface area (Å²) in [5, 5.41) is 5.11. The zero-order valence-corrected chi connectivity index (χ0v) is 26.4. The highest BCUT2D eigenvalue weighted by Crippen LogP contribution is 2.51. The summed E-state index contributed by atoms with van der Waals surface area (Å²) < 4.78 is 4.83. The summed E-state index contributed by atoms with van der Waals surface area (Å²) >= 11 is 0. The third kappa shape index (κ3) is 3.67. The van der Waals surface area contributed by atoms with Crippen molar-refractivity contribution < 1.29 is 1.43 Å². The Kier molecular flexibility index (Phi) is 5.37. The molecule has 1 aliphatic carbocycles. The molecule has 9 aromatic rings. The summed E-state index contributed by atoms with van der Waals surface area (Å²) in [6.45, 7) is 4.73. The average Bonchev–Trinajstić information content (AvgIpc) is 3.71. The lowest BCUT2D eigenvalue weighted by Crippen LogP contribution is -2.14. The molecular weight excluding hydrogens is 569 g/mol. The van der Waals surface area contributed by atoms with Crippen LogP contribution < -0.4 is 0 Å². The van der Waals surface area contributed by atoms with Gasteiger partial charge in [0.2, 0.25) is 0 Å². The number of fused-ring (bicyclic) bond motifs is 9. The molecule has 0 fully saturated rings. The molecule has 224 valence electrons. The number of nitrogens with zero attached hydrogens (tertiary/aromatic N) is 2. The molecule has 10 rings (SSSR count). The predicted octanol–water partition coefficient (Wildman–Crippen LogP) is 12.1. The van der Waals surface area contributed by atoms with Gasteiger partial charge in [0.05, 0.1) is 22.1 Å². The summed E-state index contributed by atoms with van der Waals surface area (Å²) in [5.74, 6) is 0. The van der Waals surface area contributed by atoms with Gasteiger partial charge in [0.25, 0.3) is 0 Å². The van der Waals surface area contributed by atoms with E-state index in [0.29, 0.717) is 0 Å². The van der Waals surface area contributed by atoms with Crippen molar-refractivity contribution in [3.63, 3.8) is 0 Å². The van der Waals surface area contributed by atoms with Gasteiger partial charge in [0, 0.05) is 39.8 Å². The van der Waals surface area contributed by atoms with Gasteiger partial charge >= 0.3 is 0 Å².